The van der Waals surface area contributed by atoms with Gasteiger partial charge in [0.1, 0.15) is 17.4 Å². The molecule has 11 heteroatoms. The molecule has 2 heterocycles. The first-order valence-electron chi connectivity index (χ1n) is 5.72. The lowest BCUT2D eigenvalue weighted by atomic mass is 9.84. The van der Waals surface area contributed by atoms with Crippen LogP contribution in [-0.4, -0.2) is 43.7 Å². The quantitative estimate of drug-likeness (QED) is 0.344. The molecule has 21 heavy (non-hydrogen) atoms. The monoisotopic (exact) mass is 331 g/mol. The van der Waals surface area contributed by atoms with Gasteiger partial charge < -0.3 is 15.6 Å². The Bertz CT molecular complexity index is 602. The van der Waals surface area contributed by atoms with Crippen molar-refractivity contribution in [3.8, 4) is 0 Å². The van der Waals surface area contributed by atoms with Gasteiger partial charge in [0.05, 0.1) is 5.54 Å². The van der Waals surface area contributed by atoms with Crippen molar-refractivity contribution in [1.29, 1.82) is 5.41 Å². The maximum atomic E-state index is 12.0. The maximum Gasteiger partial charge on any atom is 0.272 e. The van der Waals surface area contributed by atoms with Crippen LogP contribution in [-0.2, 0) is 13.9 Å². The Kier molecular flexibility index (Phi) is 4.18. The Labute approximate surface area is 128 Å². The fourth-order valence-corrected chi connectivity index (χ4v) is 2.77. The summed E-state index contributed by atoms with van der Waals surface area (Å²) < 4.78 is 13.3. The summed E-state index contributed by atoms with van der Waals surface area (Å²) in [6.07, 6.45) is 0. The predicted octanol–water partition coefficient (Wildman–Crippen LogP) is 0.252. The molecule has 0 radical (unpaired) electrons. The molecule has 0 aromatic carbocycles. The molecule has 2 amide bonds. The van der Waals surface area contributed by atoms with E-state index in [9.17, 15) is 9.59 Å². The van der Waals surface area contributed by atoms with Crippen LogP contribution < -0.4 is 11.1 Å². The largest absolute Gasteiger partial charge is 0.375 e. The van der Waals surface area contributed by atoms with Crippen LogP contribution in [0.15, 0.2) is 5.38 Å². The van der Waals surface area contributed by atoms with Crippen molar-refractivity contribution >= 4 is 46.3 Å². The summed E-state index contributed by atoms with van der Waals surface area (Å²) in [7, 11) is 0. The van der Waals surface area contributed by atoms with Crippen LogP contribution in [0.3, 0.4) is 0 Å². The molecular weight excluding hydrogens is 318 g/mol. The number of amides is 2. The zero-order valence-electron chi connectivity index (χ0n) is 11.1. The standard InChI is InChI=1S/C10H13N5O4S2/c1-10(2)6(8(17)15(10)19-21-18)14-7(16)5(11)4-3-20-9(12)13-4/h3,6,11,18H,1-2H3,(H2,12,13)(H,14,16). The number of carbonyl (C=O) groups is 2. The average molecular weight is 331 g/mol. The van der Waals surface area contributed by atoms with Crippen LogP contribution >= 0.6 is 23.7 Å². The van der Waals surface area contributed by atoms with Gasteiger partial charge in [-0.2, -0.15) is 9.35 Å². The van der Waals surface area contributed by atoms with Crippen molar-refractivity contribution < 1.29 is 18.4 Å². The van der Waals surface area contributed by atoms with E-state index in [1.165, 1.54) is 5.38 Å². The van der Waals surface area contributed by atoms with Crippen LogP contribution in [0.5, 0.6) is 0 Å². The molecule has 5 N–H and O–H groups in total. The summed E-state index contributed by atoms with van der Waals surface area (Å²) in [5, 5.41) is 12.9. The molecule has 1 unspecified atom stereocenters. The summed E-state index contributed by atoms with van der Waals surface area (Å²) >= 11 is 1.16. The second-order valence-electron chi connectivity index (χ2n) is 4.79. The van der Waals surface area contributed by atoms with Crippen molar-refractivity contribution in [2.45, 2.75) is 25.4 Å². The van der Waals surface area contributed by atoms with Crippen molar-refractivity contribution in [3.05, 3.63) is 11.1 Å². The molecule has 0 spiro atoms. The van der Waals surface area contributed by atoms with Crippen LogP contribution in [0.1, 0.15) is 19.5 Å². The van der Waals surface area contributed by atoms with Gasteiger partial charge in [0, 0.05) is 5.38 Å². The van der Waals surface area contributed by atoms with E-state index in [2.05, 4.69) is 14.6 Å². The van der Waals surface area contributed by atoms with Gasteiger partial charge in [-0.3, -0.25) is 15.0 Å². The van der Waals surface area contributed by atoms with Gasteiger partial charge >= 0.3 is 0 Å². The van der Waals surface area contributed by atoms with Crippen molar-refractivity contribution in [1.82, 2.24) is 15.4 Å². The van der Waals surface area contributed by atoms with Gasteiger partial charge in [-0.15, -0.1) is 11.3 Å². The van der Waals surface area contributed by atoms with Gasteiger partial charge in [0.15, 0.2) is 17.5 Å². The molecule has 0 aliphatic carbocycles. The number of hydrogen-bond donors (Lipinski definition) is 4. The SMILES string of the molecule is CC1(C)C(NC(=O)C(=N)c2csc(N)n2)C(=O)N1OSO. The Balaban J connectivity index is 2.04. The zero-order valence-corrected chi connectivity index (χ0v) is 12.7. The van der Waals surface area contributed by atoms with Crippen molar-refractivity contribution in [3.63, 3.8) is 0 Å². The Morgan fingerprint density at radius 1 is 1.71 bits per heavy atom. The van der Waals surface area contributed by atoms with Crippen LogP contribution in [0.2, 0.25) is 0 Å². The highest BCUT2D eigenvalue weighted by molar-refractivity contribution is 7.88. The van der Waals surface area contributed by atoms with Crippen LogP contribution in [0.4, 0.5) is 5.13 Å². The third-order valence-electron chi connectivity index (χ3n) is 3.07. The average Bonchev–Trinajstić information content (AvgIpc) is 2.87. The third kappa shape index (κ3) is 2.72. The highest BCUT2D eigenvalue weighted by Crippen LogP contribution is 2.33. The van der Waals surface area contributed by atoms with E-state index in [0.29, 0.717) is 0 Å². The number of nitrogens with zero attached hydrogens (tertiary/aromatic N) is 2. The number of rotatable bonds is 5. The van der Waals surface area contributed by atoms with E-state index < -0.39 is 23.4 Å². The summed E-state index contributed by atoms with van der Waals surface area (Å²) in [4.78, 5) is 27.6. The van der Waals surface area contributed by atoms with Gasteiger partial charge in [0.2, 0.25) is 0 Å². The van der Waals surface area contributed by atoms with E-state index in [0.717, 1.165) is 16.4 Å². The second-order valence-corrected chi connectivity index (χ2v) is 5.98. The fourth-order valence-electron chi connectivity index (χ4n) is 1.88. The van der Waals surface area contributed by atoms with Gasteiger partial charge in [0.25, 0.3) is 11.8 Å². The summed E-state index contributed by atoms with van der Waals surface area (Å²) in [6.45, 7) is 3.31. The third-order valence-corrected chi connectivity index (χ3v) is 3.96. The van der Waals surface area contributed by atoms with Crippen LogP contribution in [0.25, 0.3) is 0 Å². The van der Waals surface area contributed by atoms with E-state index >= 15 is 0 Å². The molecule has 1 saturated heterocycles. The van der Waals surface area contributed by atoms with Gasteiger partial charge in [-0.1, -0.05) is 0 Å². The number of nitrogens with two attached hydrogens (primary N) is 1. The first-order valence-corrected chi connectivity index (χ1v) is 7.30. The smallest absolute Gasteiger partial charge is 0.272 e. The minimum absolute atomic E-state index is 0.0461. The first kappa shape index (κ1) is 15.7. The normalized spacial score (nSPS) is 20.0. The maximum absolute atomic E-state index is 12.0. The minimum atomic E-state index is -0.853. The molecule has 2 rings (SSSR count). The lowest BCUT2D eigenvalue weighted by Crippen LogP contribution is -2.76. The van der Waals surface area contributed by atoms with Gasteiger partial charge in [-0.25, -0.2) is 4.98 Å². The second kappa shape index (κ2) is 5.60. The molecule has 1 aliphatic rings. The molecule has 1 atom stereocenters. The van der Waals surface area contributed by atoms with Crippen LogP contribution in [0, 0.1) is 5.41 Å². The number of aromatic nitrogens is 1. The summed E-state index contributed by atoms with van der Waals surface area (Å²) in [6, 6.07) is -0.853. The summed E-state index contributed by atoms with van der Waals surface area (Å²) in [5.74, 6) is -1.25. The Morgan fingerprint density at radius 3 is 2.86 bits per heavy atom. The number of carbonyl (C=O) groups excluding carboxylic acids is 2. The van der Waals surface area contributed by atoms with Gasteiger partial charge in [-0.05, 0) is 13.8 Å². The predicted molar refractivity (Wildman–Crippen MR) is 77.5 cm³/mol. The molecule has 0 bridgehead atoms. The molecular formula is C10H13N5O4S2. The van der Waals surface area contributed by atoms with E-state index in [1.54, 1.807) is 13.8 Å². The number of nitrogen functional groups attached to an aromatic ring is 1. The van der Waals surface area contributed by atoms with Crippen molar-refractivity contribution in [2.75, 3.05) is 5.73 Å². The highest BCUT2D eigenvalue weighted by atomic mass is 32.2. The number of hydrogen-bond acceptors (Lipinski definition) is 9. The van der Waals surface area contributed by atoms with Crippen molar-refractivity contribution in [2.24, 2.45) is 0 Å². The Hall–Kier alpha value is -1.69. The number of anilines is 1. The van der Waals surface area contributed by atoms with E-state index in [1.807, 2.05) is 0 Å². The first-order chi connectivity index (χ1) is 9.78. The molecule has 9 nitrogen and oxygen atoms in total. The molecule has 1 aromatic heterocycles. The number of β-lactam (4-membered cyclic amide) rings is 1. The molecule has 0 saturated carbocycles. The zero-order chi connectivity index (χ0) is 15.8. The Morgan fingerprint density at radius 2 is 2.38 bits per heavy atom. The topological polar surface area (TPSA) is 142 Å². The minimum Gasteiger partial charge on any atom is -0.375 e. The molecule has 1 fully saturated rings. The fraction of sp³-hybridized carbons (Fsp3) is 0.400. The molecule has 1 aromatic rings. The lowest BCUT2D eigenvalue weighted by molar-refractivity contribution is -0.214. The summed E-state index contributed by atoms with van der Waals surface area (Å²) in [5.41, 5.74) is 4.38. The molecule has 114 valence electrons. The highest BCUT2D eigenvalue weighted by Gasteiger charge is 2.57. The number of nitrogens with one attached hydrogen (secondary N) is 2. The lowest BCUT2D eigenvalue weighted by Gasteiger charge is -2.50. The molecule has 1 aliphatic heterocycles. The van der Waals surface area contributed by atoms with E-state index in [4.69, 9.17) is 15.7 Å². The van der Waals surface area contributed by atoms with E-state index in [-0.39, 0.29) is 28.9 Å². The number of thiazole rings is 1. The number of hydroxylamine groups is 2.